The molecule has 2 fully saturated rings. The van der Waals surface area contributed by atoms with Gasteiger partial charge in [0, 0.05) is 19.1 Å². The fourth-order valence-electron chi connectivity index (χ4n) is 2.56. The quantitative estimate of drug-likeness (QED) is 0.660. The van der Waals surface area contributed by atoms with Gasteiger partial charge in [0.25, 0.3) is 0 Å². The monoisotopic (exact) mass is 254 g/mol. The zero-order valence-corrected chi connectivity index (χ0v) is 11.4. The Morgan fingerprint density at radius 2 is 2.06 bits per heavy atom. The molecule has 0 bridgehead atoms. The highest BCUT2D eigenvalue weighted by atomic mass is 16.6. The second kappa shape index (κ2) is 4.78. The summed E-state index contributed by atoms with van der Waals surface area (Å²) in [7, 11) is 0. The van der Waals surface area contributed by atoms with Crippen molar-refractivity contribution >= 4 is 12.0 Å². The number of amides is 2. The molecule has 0 unspecified atom stereocenters. The summed E-state index contributed by atoms with van der Waals surface area (Å²) in [6, 6.07) is 0.188. The molecule has 5 heteroatoms. The first-order valence-corrected chi connectivity index (χ1v) is 6.64. The number of hydrogen-bond donors (Lipinski definition) is 0. The zero-order valence-electron chi connectivity index (χ0n) is 11.4. The lowest BCUT2D eigenvalue weighted by Crippen LogP contribution is -2.59. The number of piperazine rings is 1. The number of rotatable bonds is 0. The SMILES string of the molecule is CC(C)(C)OC(=O)N1CC(=O)N2CCCC[C@H]2C1. The molecule has 2 aliphatic heterocycles. The van der Waals surface area contributed by atoms with Crippen LogP contribution in [0.1, 0.15) is 40.0 Å². The molecular weight excluding hydrogens is 232 g/mol. The van der Waals surface area contributed by atoms with Crippen LogP contribution in [0.15, 0.2) is 0 Å². The number of carbonyl (C=O) groups excluding carboxylic acids is 2. The van der Waals surface area contributed by atoms with Crippen molar-refractivity contribution in [2.75, 3.05) is 19.6 Å². The van der Waals surface area contributed by atoms with Gasteiger partial charge in [-0.1, -0.05) is 0 Å². The smallest absolute Gasteiger partial charge is 0.410 e. The molecule has 0 radical (unpaired) electrons. The van der Waals surface area contributed by atoms with Gasteiger partial charge >= 0.3 is 6.09 Å². The summed E-state index contributed by atoms with van der Waals surface area (Å²) in [6.45, 7) is 7.12. The van der Waals surface area contributed by atoms with Gasteiger partial charge in [0.05, 0.1) is 0 Å². The third-order valence-corrected chi connectivity index (χ3v) is 3.36. The average Bonchev–Trinajstić information content (AvgIpc) is 2.26. The molecule has 0 saturated carbocycles. The van der Waals surface area contributed by atoms with Crippen molar-refractivity contribution in [3.8, 4) is 0 Å². The standard InChI is InChI=1S/C13H22N2O3/c1-13(2,3)18-12(17)14-8-10-6-4-5-7-15(10)11(16)9-14/h10H,4-9H2,1-3H3/t10-/m0/s1. The fourth-order valence-corrected chi connectivity index (χ4v) is 2.56. The number of fused-ring (bicyclic) bond motifs is 1. The lowest BCUT2D eigenvalue weighted by Gasteiger charge is -2.43. The molecule has 0 N–H and O–H groups in total. The van der Waals surface area contributed by atoms with Crippen molar-refractivity contribution in [2.45, 2.75) is 51.7 Å². The largest absolute Gasteiger partial charge is 0.444 e. The summed E-state index contributed by atoms with van der Waals surface area (Å²) in [4.78, 5) is 27.4. The number of ether oxygens (including phenoxy) is 1. The maximum absolute atomic E-state index is 12.0. The third-order valence-electron chi connectivity index (χ3n) is 3.36. The van der Waals surface area contributed by atoms with Gasteiger partial charge in [-0.05, 0) is 40.0 Å². The molecule has 5 nitrogen and oxygen atoms in total. The Bertz CT molecular complexity index is 349. The predicted octanol–water partition coefficient (Wildman–Crippen LogP) is 1.62. The first kappa shape index (κ1) is 13.2. The molecule has 2 heterocycles. The summed E-state index contributed by atoms with van der Waals surface area (Å²) in [6.07, 6.45) is 2.83. The van der Waals surface area contributed by atoms with Crippen molar-refractivity contribution in [3.63, 3.8) is 0 Å². The van der Waals surface area contributed by atoms with E-state index < -0.39 is 5.60 Å². The van der Waals surface area contributed by atoms with Crippen LogP contribution in [0.2, 0.25) is 0 Å². The van der Waals surface area contributed by atoms with Gasteiger partial charge in [-0.25, -0.2) is 4.79 Å². The van der Waals surface area contributed by atoms with Crippen LogP contribution in [0.5, 0.6) is 0 Å². The fraction of sp³-hybridized carbons (Fsp3) is 0.846. The van der Waals surface area contributed by atoms with Gasteiger partial charge in [-0.3, -0.25) is 9.69 Å². The van der Waals surface area contributed by atoms with Crippen molar-refractivity contribution < 1.29 is 14.3 Å². The van der Waals surface area contributed by atoms with Crippen LogP contribution in [-0.4, -0.2) is 53.1 Å². The average molecular weight is 254 g/mol. The van der Waals surface area contributed by atoms with E-state index in [-0.39, 0.29) is 24.6 Å². The van der Waals surface area contributed by atoms with Crippen molar-refractivity contribution in [3.05, 3.63) is 0 Å². The first-order valence-electron chi connectivity index (χ1n) is 6.64. The Labute approximate surface area is 108 Å². The second-order valence-corrected chi connectivity index (χ2v) is 6.10. The second-order valence-electron chi connectivity index (χ2n) is 6.10. The molecule has 2 aliphatic rings. The highest BCUT2D eigenvalue weighted by Gasteiger charge is 2.37. The minimum Gasteiger partial charge on any atom is -0.444 e. The molecule has 102 valence electrons. The lowest BCUT2D eigenvalue weighted by molar-refractivity contribution is -0.141. The van der Waals surface area contributed by atoms with Gasteiger partial charge in [-0.2, -0.15) is 0 Å². The van der Waals surface area contributed by atoms with Crippen molar-refractivity contribution in [1.82, 2.24) is 9.80 Å². The molecule has 1 atom stereocenters. The Morgan fingerprint density at radius 3 is 2.72 bits per heavy atom. The summed E-state index contributed by atoms with van der Waals surface area (Å²) >= 11 is 0. The topological polar surface area (TPSA) is 49.9 Å². The number of hydrogen-bond acceptors (Lipinski definition) is 3. The minimum absolute atomic E-state index is 0.0526. The summed E-state index contributed by atoms with van der Waals surface area (Å²) in [5, 5.41) is 0. The van der Waals surface area contributed by atoms with E-state index in [0.29, 0.717) is 6.54 Å². The molecule has 0 aromatic heterocycles. The van der Waals surface area contributed by atoms with Crippen LogP contribution in [0.4, 0.5) is 4.79 Å². The van der Waals surface area contributed by atoms with Crippen LogP contribution in [-0.2, 0) is 9.53 Å². The summed E-state index contributed by atoms with van der Waals surface area (Å²) in [5.74, 6) is 0.0526. The van der Waals surface area contributed by atoms with Crippen LogP contribution in [0.3, 0.4) is 0 Å². The molecule has 2 amide bonds. The van der Waals surface area contributed by atoms with Crippen LogP contribution in [0.25, 0.3) is 0 Å². The molecule has 2 rings (SSSR count). The summed E-state index contributed by atoms with van der Waals surface area (Å²) in [5.41, 5.74) is -0.510. The summed E-state index contributed by atoms with van der Waals surface area (Å²) < 4.78 is 5.32. The van der Waals surface area contributed by atoms with Crippen molar-refractivity contribution in [1.29, 1.82) is 0 Å². The van der Waals surface area contributed by atoms with Gasteiger partial charge in [0.1, 0.15) is 12.1 Å². The van der Waals surface area contributed by atoms with E-state index in [2.05, 4.69) is 0 Å². The van der Waals surface area contributed by atoms with Gasteiger partial charge in [0.2, 0.25) is 5.91 Å². The van der Waals surface area contributed by atoms with E-state index in [0.717, 1.165) is 25.8 Å². The molecule has 2 saturated heterocycles. The maximum atomic E-state index is 12.0. The van der Waals surface area contributed by atoms with Crippen LogP contribution < -0.4 is 0 Å². The van der Waals surface area contributed by atoms with E-state index in [1.54, 1.807) is 4.90 Å². The van der Waals surface area contributed by atoms with E-state index in [4.69, 9.17) is 4.74 Å². The zero-order chi connectivity index (χ0) is 13.3. The van der Waals surface area contributed by atoms with E-state index in [1.165, 1.54) is 0 Å². The number of carbonyl (C=O) groups is 2. The Kier molecular flexibility index (Phi) is 3.50. The normalized spacial score (nSPS) is 24.8. The van der Waals surface area contributed by atoms with Gasteiger partial charge in [-0.15, -0.1) is 0 Å². The van der Waals surface area contributed by atoms with E-state index >= 15 is 0 Å². The molecule has 18 heavy (non-hydrogen) atoms. The molecule has 0 aliphatic carbocycles. The predicted molar refractivity (Wildman–Crippen MR) is 67.2 cm³/mol. The third kappa shape index (κ3) is 2.94. The minimum atomic E-state index is -0.510. The van der Waals surface area contributed by atoms with Crippen LogP contribution in [0, 0.1) is 0 Å². The highest BCUT2D eigenvalue weighted by molar-refractivity contribution is 5.84. The van der Waals surface area contributed by atoms with Crippen molar-refractivity contribution in [2.24, 2.45) is 0 Å². The van der Waals surface area contributed by atoms with E-state index in [9.17, 15) is 9.59 Å². The van der Waals surface area contributed by atoms with Crippen LogP contribution >= 0.6 is 0 Å². The lowest BCUT2D eigenvalue weighted by atomic mass is 9.99. The van der Waals surface area contributed by atoms with E-state index in [1.807, 2.05) is 25.7 Å². The Balaban J connectivity index is 1.99. The van der Waals surface area contributed by atoms with Gasteiger partial charge in [0.15, 0.2) is 0 Å². The Morgan fingerprint density at radius 1 is 1.33 bits per heavy atom. The van der Waals surface area contributed by atoms with Gasteiger partial charge < -0.3 is 9.64 Å². The molecule has 0 aromatic carbocycles. The molecule has 0 spiro atoms. The number of piperidine rings is 1. The maximum Gasteiger partial charge on any atom is 0.410 e. The first-order chi connectivity index (χ1) is 8.37. The highest BCUT2D eigenvalue weighted by Crippen LogP contribution is 2.23. The molecular formula is C13H22N2O3. The number of nitrogens with zero attached hydrogens (tertiary/aromatic N) is 2. The Hall–Kier alpha value is -1.26. The molecule has 0 aromatic rings.